The number of aryl methyl sites for hydroxylation is 1. The largest absolute Gasteiger partial charge is 0.363 e. The van der Waals surface area contributed by atoms with Gasteiger partial charge in [-0.2, -0.15) is 0 Å². The van der Waals surface area contributed by atoms with Gasteiger partial charge in [0.2, 0.25) is 0 Å². The molecule has 0 amide bonds. The molecule has 0 spiro atoms. The van der Waals surface area contributed by atoms with Gasteiger partial charge in [-0.05, 0) is 25.3 Å². The van der Waals surface area contributed by atoms with Gasteiger partial charge in [0.15, 0.2) is 0 Å². The van der Waals surface area contributed by atoms with Gasteiger partial charge in [0.05, 0.1) is 6.04 Å². The van der Waals surface area contributed by atoms with E-state index in [1.54, 1.807) is 6.33 Å². The average molecular weight is 253 g/mol. The van der Waals surface area contributed by atoms with Gasteiger partial charge in [0.1, 0.15) is 12.1 Å². The second kappa shape index (κ2) is 6.69. The molecule has 0 saturated heterocycles. The van der Waals surface area contributed by atoms with Gasteiger partial charge in [-0.3, -0.25) is 0 Å². The number of nitrogens with zero attached hydrogens (tertiary/aromatic N) is 2. The van der Waals surface area contributed by atoms with Crippen LogP contribution in [0.15, 0.2) is 55.4 Å². The Morgan fingerprint density at radius 3 is 2.74 bits per heavy atom. The molecular formula is C16H19N3. The number of nitrogens with one attached hydrogen (secondary N) is 1. The Kier molecular flexibility index (Phi) is 4.67. The van der Waals surface area contributed by atoms with E-state index in [9.17, 15) is 0 Å². The zero-order chi connectivity index (χ0) is 13.5. The zero-order valence-electron chi connectivity index (χ0n) is 11.2. The van der Waals surface area contributed by atoms with E-state index in [4.69, 9.17) is 0 Å². The average Bonchev–Trinajstić information content (AvgIpc) is 2.44. The molecule has 3 heteroatoms. The highest BCUT2D eigenvalue weighted by molar-refractivity contribution is 5.38. The number of anilines is 1. The standard InChI is InChI=1S/C16H19N3/c1-3-4-10-15(14-8-6-5-7-9-14)19-16-11-13(2)17-12-18-16/h3,5-9,11-12,15H,1,4,10H2,2H3,(H,17,18,19). The highest BCUT2D eigenvalue weighted by atomic mass is 15.0. The summed E-state index contributed by atoms with van der Waals surface area (Å²) in [5.41, 5.74) is 2.23. The molecule has 19 heavy (non-hydrogen) atoms. The van der Waals surface area contributed by atoms with Crippen LogP contribution in [0.25, 0.3) is 0 Å². The molecule has 2 rings (SSSR count). The molecule has 3 nitrogen and oxygen atoms in total. The molecule has 0 bridgehead atoms. The molecule has 1 heterocycles. The van der Waals surface area contributed by atoms with Crippen molar-refractivity contribution in [1.82, 2.24) is 9.97 Å². The van der Waals surface area contributed by atoms with Crippen molar-refractivity contribution >= 4 is 5.82 Å². The number of allylic oxidation sites excluding steroid dienone is 1. The van der Waals surface area contributed by atoms with Crippen molar-refractivity contribution in [3.8, 4) is 0 Å². The zero-order valence-corrected chi connectivity index (χ0v) is 11.2. The summed E-state index contributed by atoms with van der Waals surface area (Å²) in [5, 5.41) is 3.47. The quantitative estimate of drug-likeness (QED) is 0.793. The van der Waals surface area contributed by atoms with Crippen molar-refractivity contribution in [3.05, 3.63) is 66.6 Å². The molecule has 0 fully saturated rings. The fraction of sp³-hybridized carbons (Fsp3) is 0.250. The summed E-state index contributed by atoms with van der Waals surface area (Å²) in [6.07, 6.45) is 5.50. The smallest absolute Gasteiger partial charge is 0.130 e. The van der Waals surface area contributed by atoms with Crippen molar-refractivity contribution < 1.29 is 0 Å². The van der Waals surface area contributed by atoms with Crippen LogP contribution in [0.5, 0.6) is 0 Å². The molecule has 1 N–H and O–H groups in total. The number of benzene rings is 1. The first kappa shape index (κ1) is 13.3. The number of rotatable bonds is 6. The van der Waals surface area contributed by atoms with E-state index in [0.29, 0.717) is 0 Å². The number of hydrogen-bond donors (Lipinski definition) is 1. The second-order valence-electron chi connectivity index (χ2n) is 4.52. The van der Waals surface area contributed by atoms with Crippen LogP contribution in [0.1, 0.15) is 30.1 Å². The summed E-state index contributed by atoms with van der Waals surface area (Å²) in [6.45, 7) is 5.76. The van der Waals surface area contributed by atoms with Crippen molar-refractivity contribution in [2.45, 2.75) is 25.8 Å². The molecule has 0 aliphatic heterocycles. The summed E-state index contributed by atoms with van der Waals surface area (Å²) in [5.74, 6) is 0.866. The van der Waals surface area contributed by atoms with E-state index in [0.717, 1.165) is 24.4 Å². The Morgan fingerprint density at radius 2 is 2.05 bits per heavy atom. The minimum atomic E-state index is 0.244. The molecule has 0 aliphatic carbocycles. The second-order valence-corrected chi connectivity index (χ2v) is 4.52. The lowest BCUT2D eigenvalue weighted by Crippen LogP contribution is -2.11. The minimum absolute atomic E-state index is 0.244. The Bertz CT molecular complexity index is 523. The maximum atomic E-state index is 4.26. The molecule has 2 aromatic rings. The third kappa shape index (κ3) is 3.91. The lowest BCUT2D eigenvalue weighted by molar-refractivity contribution is 0.701. The highest BCUT2D eigenvalue weighted by Crippen LogP contribution is 2.23. The number of hydrogen-bond acceptors (Lipinski definition) is 3. The Balaban J connectivity index is 2.16. The maximum Gasteiger partial charge on any atom is 0.130 e. The summed E-state index contributed by atoms with van der Waals surface area (Å²) >= 11 is 0. The van der Waals surface area contributed by atoms with E-state index in [-0.39, 0.29) is 6.04 Å². The van der Waals surface area contributed by atoms with E-state index in [1.807, 2.05) is 25.1 Å². The van der Waals surface area contributed by atoms with Crippen molar-refractivity contribution in [1.29, 1.82) is 0 Å². The fourth-order valence-corrected chi connectivity index (χ4v) is 2.00. The Labute approximate surface area is 114 Å². The molecular weight excluding hydrogens is 234 g/mol. The molecule has 0 radical (unpaired) electrons. The molecule has 0 saturated carbocycles. The normalized spacial score (nSPS) is 11.8. The van der Waals surface area contributed by atoms with E-state index < -0.39 is 0 Å². The van der Waals surface area contributed by atoms with Crippen LogP contribution in [0.2, 0.25) is 0 Å². The van der Waals surface area contributed by atoms with Gasteiger partial charge in [-0.15, -0.1) is 6.58 Å². The van der Waals surface area contributed by atoms with Crippen LogP contribution >= 0.6 is 0 Å². The first-order chi connectivity index (χ1) is 9.29. The van der Waals surface area contributed by atoms with Crippen LogP contribution in [-0.4, -0.2) is 9.97 Å². The molecule has 0 aliphatic rings. The lowest BCUT2D eigenvalue weighted by atomic mass is 10.0. The summed E-state index contributed by atoms with van der Waals surface area (Å²) < 4.78 is 0. The Morgan fingerprint density at radius 1 is 1.26 bits per heavy atom. The molecule has 1 aromatic carbocycles. The molecule has 1 unspecified atom stereocenters. The predicted molar refractivity (Wildman–Crippen MR) is 79.0 cm³/mol. The SMILES string of the molecule is C=CCCC(Nc1cc(C)ncn1)c1ccccc1. The summed E-state index contributed by atoms with van der Waals surface area (Å²) in [7, 11) is 0. The van der Waals surface area contributed by atoms with Crippen molar-refractivity contribution in [3.63, 3.8) is 0 Å². The fourth-order valence-electron chi connectivity index (χ4n) is 2.00. The highest BCUT2D eigenvalue weighted by Gasteiger charge is 2.10. The first-order valence-electron chi connectivity index (χ1n) is 6.50. The van der Waals surface area contributed by atoms with Gasteiger partial charge in [-0.25, -0.2) is 9.97 Å². The van der Waals surface area contributed by atoms with Gasteiger partial charge >= 0.3 is 0 Å². The van der Waals surface area contributed by atoms with Crippen LogP contribution in [0.4, 0.5) is 5.82 Å². The third-order valence-corrected chi connectivity index (χ3v) is 2.99. The van der Waals surface area contributed by atoms with Gasteiger partial charge in [-0.1, -0.05) is 36.4 Å². The Hall–Kier alpha value is -2.16. The van der Waals surface area contributed by atoms with Gasteiger partial charge < -0.3 is 5.32 Å². The maximum absolute atomic E-state index is 4.26. The summed E-state index contributed by atoms with van der Waals surface area (Å²) in [4.78, 5) is 8.38. The van der Waals surface area contributed by atoms with E-state index >= 15 is 0 Å². The van der Waals surface area contributed by atoms with Crippen LogP contribution in [0, 0.1) is 6.92 Å². The monoisotopic (exact) mass is 253 g/mol. The van der Waals surface area contributed by atoms with Crippen LogP contribution in [-0.2, 0) is 0 Å². The molecule has 98 valence electrons. The number of aromatic nitrogens is 2. The topological polar surface area (TPSA) is 37.8 Å². The minimum Gasteiger partial charge on any atom is -0.363 e. The van der Waals surface area contributed by atoms with Crippen molar-refractivity contribution in [2.24, 2.45) is 0 Å². The van der Waals surface area contributed by atoms with E-state index in [1.165, 1.54) is 5.56 Å². The molecule has 1 aromatic heterocycles. The van der Waals surface area contributed by atoms with Crippen LogP contribution in [0.3, 0.4) is 0 Å². The first-order valence-corrected chi connectivity index (χ1v) is 6.50. The summed E-state index contributed by atoms with van der Waals surface area (Å²) in [6, 6.07) is 12.6. The van der Waals surface area contributed by atoms with Crippen molar-refractivity contribution in [2.75, 3.05) is 5.32 Å². The van der Waals surface area contributed by atoms with Crippen LogP contribution < -0.4 is 5.32 Å². The van der Waals surface area contributed by atoms with E-state index in [2.05, 4.69) is 46.1 Å². The lowest BCUT2D eigenvalue weighted by Gasteiger charge is -2.19. The third-order valence-electron chi connectivity index (χ3n) is 2.99. The van der Waals surface area contributed by atoms with Gasteiger partial charge in [0.25, 0.3) is 0 Å². The molecule has 1 atom stereocenters. The predicted octanol–water partition coefficient (Wildman–Crippen LogP) is 3.90. The van der Waals surface area contributed by atoms with Gasteiger partial charge in [0, 0.05) is 11.8 Å².